The van der Waals surface area contributed by atoms with Gasteiger partial charge in [-0.2, -0.15) is 0 Å². The number of nitrogens with zero attached hydrogens (tertiary/aromatic N) is 2. The van der Waals surface area contributed by atoms with Crippen LogP contribution in [0.1, 0.15) is 24.1 Å². The van der Waals surface area contributed by atoms with Crippen molar-refractivity contribution in [1.82, 2.24) is 4.98 Å². The van der Waals surface area contributed by atoms with E-state index in [-0.39, 0.29) is 4.90 Å². The van der Waals surface area contributed by atoms with Gasteiger partial charge in [-0.05, 0) is 63.1 Å². The standard InChI is InChI=1S/C21H23N3O2S/c1-15-5-8-18(9-6-15)27(25,26)23-17-7-10-19-20(14-17)22-16(2)13-21(19)24-11-3-4-12-24/h5-10,13-14,23H,3-4,11-12H2,1-2H3. The van der Waals surface area contributed by atoms with E-state index in [0.29, 0.717) is 5.69 Å². The highest BCUT2D eigenvalue weighted by molar-refractivity contribution is 7.92. The van der Waals surface area contributed by atoms with E-state index in [4.69, 9.17) is 0 Å². The summed E-state index contributed by atoms with van der Waals surface area (Å²) in [6.45, 7) is 6.02. The van der Waals surface area contributed by atoms with Gasteiger partial charge >= 0.3 is 0 Å². The predicted octanol–water partition coefficient (Wildman–Crippen LogP) is 4.25. The molecule has 27 heavy (non-hydrogen) atoms. The van der Waals surface area contributed by atoms with Gasteiger partial charge in [-0.3, -0.25) is 9.71 Å². The van der Waals surface area contributed by atoms with Gasteiger partial charge in [0, 0.05) is 29.9 Å². The molecule has 0 spiro atoms. The molecule has 0 amide bonds. The number of nitrogens with one attached hydrogen (secondary N) is 1. The Morgan fingerprint density at radius 1 is 0.963 bits per heavy atom. The van der Waals surface area contributed by atoms with E-state index in [2.05, 4.69) is 20.7 Å². The molecular weight excluding hydrogens is 358 g/mol. The largest absolute Gasteiger partial charge is 0.371 e. The maximum Gasteiger partial charge on any atom is 0.261 e. The Hall–Kier alpha value is -2.60. The summed E-state index contributed by atoms with van der Waals surface area (Å²) >= 11 is 0. The first-order chi connectivity index (χ1) is 12.9. The Bertz CT molecular complexity index is 1090. The second kappa shape index (κ2) is 6.85. The molecule has 1 saturated heterocycles. The number of fused-ring (bicyclic) bond motifs is 1. The molecule has 3 aromatic rings. The quantitative estimate of drug-likeness (QED) is 0.734. The molecule has 0 aliphatic carbocycles. The predicted molar refractivity (Wildman–Crippen MR) is 110 cm³/mol. The van der Waals surface area contributed by atoms with Crippen molar-refractivity contribution < 1.29 is 8.42 Å². The van der Waals surface area contributed by atoms with E-state index in [1.807, 2.05) is 32.0 Å². The fourth-order valence-corrected chi connectivity index (χ4v) is 4.60. The van der Waals surface area contributed by atoms with Crippen molar-refractivity contribution in [3.05, 3.63) is 59.8 Å². The summed E-state index contributed by atoms with van der Waals surface area (Å²) in [6, 6.07) is 14.5. The first kappa shape index (κ1) is 17.8. The number of aromatic nitrogens is 1. The van der Waals surface area contributed by atoms with Crippen LogP contribution < -0.4 is 9.62 Å². The molecule has 0 radical (unpaired) electrons. The van der Waals surface area contributed by atoms with E-state index in [1.54, 1.807) is 24.3 Å². The highest BCUT2D eigenvalue weighted by Gasteiger charge is 2.18. The van der Waals surface area contributed by atoms with Gasteiger partial charge in [0.25, 0.3) is 10.0 Å². The number of pyridine rings is 1. The molecule has 0 unspecified atom stereocenters. The van der Waals surface area contributed by atoms with E-state index < -0.39 is 10.0 Å². The smallest absolute Gasteiger partial charge is 0.261 e. The fourth-order valence-electron chi connectivity index (χ4n) is 3.55. The molecule has 1 aliphatic heterocycles. The number of aryl methyl sites for hydroxylation is 2. The van der Waals surface area contributed by atoms with Gasteiger partial charge in [-0.15, -0.1) is 0 Å². The zero-order chi connectivity index (χ0) is 19.0. The van der Waals surface area contributed by atoms with Crippen molar-refractivity contribution in [2.75, 3.05) is 22.7 Å². The summed E-state index contributed by atoms with van der Waals surface area (Å²) in [6.07, 6.45) is 2.41. The van der Waals surface area contributed by atoms with Gasteiger partial charge in [-0.25, -0.2) is 8.42 Å². The minimum absolute atomic E-state index is 0.253. The summed E-state index contributed by atoms with van der Waals surface area (Å²) < 4.78 is 28.0. The molecule has 0 saturated carbocycles. The van der Waals surface area contributed by atoms with Gasteiger partial charge < -0.3 is 4.90 Å². The maximum atomic E-state index is 12.7. The molecule has 1 aromatic heterocycles. The van der Waals surface area contributed by atoms with E-state index in [0.717, 1.165) is 35.2 Å². The lowest BCUT2D eigenvalue weighted by atomic mass is 10.1. The molecule has 5 nitrogen and oxygen atoms in total. The molecule has 1 fully saturated rings. The Labute approximate surface area is 160 Å². The summed E-state index contributed by atoms with van der Waals surface area (Å²) in [7, 11) is -3.62. The summed E-state index contributed by atoms with van der Waals surface area (Å²) in [5, 5.41) is 1.06. The monoisotopic (exact) mass is 381 g/mol. The molecule has 0 atom stereocenters. The Balaban J connectivity index is 1.70. The topological polar surface area (TPSA) is 62.3 Å². The minimum atomic E-state index is -3.62. The van der Waals surface area contributed by atoms with Crippen LogP contribution in [0, 0.1) is 13.8 Å². The van der Waals surface area contributed by atoms with Crippen LogP contribution in [0.3, 0.4) is 0 Å². The van der Waals surface area contributed by atoms with Gasteiger partial charge in [-0.1, -0.05) is 17.7 Å². The van der Waals surface area contributed by atoms with Crippen LogP contribution in [0.15, 0.2) is 53.4 Å². The summed E-state index contributed by atoms with van der Waals surface area (Å²) in [5.41, 5.74) is 4.47. The zero-order valence-electron chi connectivity index (χ0n) is 15.6. The van der Waals surface area contributed by atoms with Crippen molar-refractivity contribution >= 4 is 32.3 Å². The average molecular weight is 382 g/mol. The molecule has 1 N–H and O–H groups in total. The Morgan fingerprint density at radius 3 is 2.37 bits per heavy atom. The highest BCUT2D eigenvalue weighted by Crippen LogP contribution is 2.31. The molecule has 0 bridgehead atoms. The number of benzene rings is 2. The number of hydrogen-bond donors (Lipinski definition) is 1. The van der Waals surface area contributed by atoms with Crippen molar-refractivity contribution in [3.8, 4) is 0 Å². The summed E-state index contributed by atoms with van der Waals surface area (Å²) in [5.74, 6) is 0. The SMILES string of the molecule is Cc1ccc(S(=O)(=O)Nc2ccc3c(N4CCCC4)cc(C)nc3c2)cc1. The molecule has 2 aromatic carbocycles. The molecule has 140 valence electrons. The third kappa shape index (κ3) is 3.62. The van der Waals surface area contributed by atoms with Gasteiger partial charge in [0.05, 0.1) is 16.1 Å². The first-order valence-corrected chi connectivity index (χ1v) is 10.7. The van der Waals surface area contributed by atoms with E-state index in [1.165, 1.54) is 18.5 Å². The normalized spacial score (nSPS) is 14.7. The number of rotatable bonds is 4. The Kier molecular flexibility index (Phi) is 4.52. The highest BCUT2D eigenvalue weighted by atomic mass is 32.2. The second-order valence-electron chi connectivity index (χ2n) is 7.13. The van der Waals surface area contributed by atoms with Crippen LogP contribution >= 0.6 is 0 Å². The maximum absolute atomic E-state index is 12.7. The lowest BCUT2D eigenvalue weighted by molar-refractivity contribution is 0.601. The third-order valence-electron chi connectivity index (χ3n) is 4.95. The van der Waals surface area contributed by atoms with Crippen LogP contribution in [-0.4, -0.2) is 26.5 Å². The van der Waals surface area contributed by atoms with Crippen molar-refractivity contribution in [1.29, 1.82) is 0 Å². The lowest BCUT2D eigenvalue weighted by Crippen LogP contribution is -2.18. The van der Waals surface area contributed by atoms with Crippen LogP contribution in [0.25, 0.3) is 10.9 Å². The van der Waals surface area contributed by atoms with Gasteiger partial charge in [0.2, 0.25) is 0 Å². The van der Waals surface area contributed by atoms with Crippen LogP contribution in [0.2, 0.25) is 0 Å². The number of anilines is 2. The number of hydrogen-bond acceptors (Lipinski definition) is 4. The third-order valence-corrected chi connectivity index (χ3v) is 6.34. The van der Waals surface area contributed by atoms with Crippen LogP contribution in [0.5, 0.6) is 0 Å². The zero-order valence-corrected chi connectivity index (χ0v) is 16.4. The van der Waals surface area contributed by atoms with Gasteiger partial charge in [0.1, 0.15) is 0 Å². The lowest BCUT2D eigenvalue weighted by Gasteiger charge is -2.20. The Morgan fingerprint density at radius 2 is 1.67 bits per heavy atom. The van der Waals surface area contributed by atoms with E-state index >= 15 is 0 Å². The first-order valence-electron chi connectivity index (χ1n) is 9.18. The molecule has 1 aliphatic rings. The minimum Gasteiger partial charge on any atom is -0.371 e. The van der Waals surface area contributed by atoms with Crippen molar-refractivity contribution in [3.63, 3.8) is 0 Å². The molecular formula is C21H23N3O2S. The van der Waals surface area contributed by atoms with Crippen molar-refractivity contribution in [2.24, 2.45) is 0 Å². The average Bonchev–Trinajstić information content (AvgIpc) is 3.15. The van der Waals surface area contributed by atoms with E-state index in [9.17, 15) is 8.42 Å². The van der Waals surface area contributed by atoms with Crippen LogP contribution in [-0.2, 0) is 10.0 Å². The fraction of sp³-hybridized carbons (Fsp3) is 0.286. The summed E-state index contributed by atoms with van der Waals surface area (Å²) in [4.78, 5) is 7.26. The number of sulfonamides is 1. The van der Waals surface area contributed by atoms with Crippen molar-refractivity contribution in [2.45, 2.75) is 31.6 Å². The van der Waals surface area contributed by atoms with Crippen LogP contribution in [0.4, 0.5) is 11.4 Å². The molecule has 2 heterocycles. The molecule has 6 heteroatoms. The van der Waals surface area contributed by atoms with Gasteiger partial charge in [0.15, 0.2) is 0 Å². The molecule has 4 rings (SSSR count). The second-order valence-corrected chi connectivity index (χ2v) is 8.81.